The average molecular weight is 344 g/mol. The summed E-state index contributed by atoms with van der Waals surface area (Å²) in [5.74, 6) is -2.80. The Balaban J connectivity index is 1.88. The van der Waals surface area contributed by atoms with Gasteiger partial charge in [0.25, 0.3) is 5.92 Å². The lowest BCUT2D eigenvalue weighted by Crippen LogP contribution is -2.41. The highest BCUT2D eigenvalue weighted by molar-refractivity contribution is 6.33. The van der Waals surface area contributed by atoms with Gasteiger partial charge in [-0.05, 0) is 12.1 Å². The van der Waals surface area contributed by atoms with E-state index < -0.39 is 24.9 Å². The van der Waals surface area contributed by atoms with Crippen LogP contribution in [0.2, 0.25) is 5.02 Å². The molecule has 0 aliphatic carbocycles. The van der Waals surface area contributed by atoms with Crippen LogP contribution in [0.5, 0.6) is 0 Å². The van der Waals surface area contributed by atoms with Crippen LogP contribution in [0, 0.1) is 0 Å². The van der Waals surface area contributed by atoms with Gasteiger partial charge in [0.2, 0.25) is 5.91 Å². The number of aryl methyl sites for hydroxylation is 1. The zero-order valence-corrected chi connectivity index (χ0v) is 12.9. The SMILES string of the molecule is NCC(F)(F)CNC(=O)CCc1ncc(-c2ccccc2Cl)o1. The number of oxazole rings is 1. The summed E-state index contributed by atoms with van der Waals surface area (Å²) in [7, 11) is 0. The van der Waals surface area contributed by atoms with Gasteiger partial charge in [0.05, 0.1) is 24.3 Å². The molecule has 23 heavy (non-hydrogen) atoms. The molecule has 124 valence electrons. The van der Waals surface area contributed by atoms with Crippen LogP contribution in [-0.4, -0.2) is 29.9 Å². The minimum absolute atomic E-state index is 0.0108. The fourth-order valence-electron chi connectivity index (χ4n) is 1.82. The number of nitrogens with zero attached hydrogens (tertiary/aromatic N) is 1. The van der Waals surface area contributed by atoms with Crippen molar-refractivity contribution in [2.24, 2.45) is 5.73 Å². The van der Waals surface area contributed by atoms with E-state index in [1.165, 1.54) is 6.20 Å². The van der Waals surface area contributed by atoms with Gasteiger partial charge < -0.3 is 15.5 Å². The van der Waals surface area contributed by atoms with Gasteiger partial charge in [-0.25, -0.2) is 13.8 Å². The zero-order valence-electron chi connectivity index (χ0n) is 12.2. The molecule has 0 bridgehead atoms. The number of hydrogen-bond acceptors (Lipinski definition) is 4. The summed E-state index contributed by atoms with van der Waals surface area (Å²) < 4.78 is 31.4. The second-order valence-corrected chi connectivity index (χ2v) is 5.34. The van der Waals surface area contributed by atoms with E-state index in [-0.39, 0.29) is 12.8 Å². The van der Waals surface area contributed by atoms with E-state index in [9.17, 15) is 13.6 Å². The maximum atomic E-state index is 12.9. The van der Waals surface area contributed by atoms with Crippen molar-refractivity contribution in [3.8, 4) is 11.3 Å². The van der Waals surface area contributed by atoms with Crippen LogP contribution in [0.1, 0.15) is 12.3 Å². The molecule has 0 aliphatic heterocycles. The number of aromatic nitrogens is 1. The summed E-state index contributed by atoms with van der Waals surface area (Å²) in [4.78, 5) is 15.6. The van der Waals surface area contributed by atoms with Crippen molar-refractivity contribution in [2.75, 3.05) is 13.1 Å². The van der Waals surface area contributed by atoms with Gasteiger partial charge in [0.1, 0.15) is 0 Å². The van der Waals surface area contributed by atoms with Gasteiger partial charge in [-0.1, -0.05) is 23.7 Å². The number of nitrogens with two attached hydrogens (primary N) is 1. The summed E-state index contributed by atoms with van der Waals surface area (Å²) in [5.41, 5.74) is 5.59. The van der Waals surface area contributed by atoms with Gasteiger partial charge in [-0.15, -0.1) is 0 Å². The first-order valence-electron chi connectivity index (χ1n) is 6.95. The Hall–Kier alpha value is -1.99. The normalized spacial score (nSPS) is 11.5. The number of rotatable bonds is 7. The summed E-state index contributed by atoms with van der Waals surface area (Å²) in [6, 6.07) is 7.12. The molecule has 2 rings (SSSR count). The summed E-state index contributed by atoms with van der Waals surface area (Å²) in [6.07, 6.45) is 1.70. The monoisotopic (exact) mass is 343 g/mol. The maximum Gasteiger partial charge on any atom is 0.277 e. The molecule has 8 heteroatoms. The summed E-state index contributed by atoms with van der Waals surface area (Å²) in [6.45, 7) is -1.59. The van der Waals surface area contributed by atoms with Crippen molar-refractivity contribution in [3.63, 3.8) is 0 Å². The molecule has 1 amide bonds. The van der Waals surface area contributed by atoms with Crippen molar-refractivity contribution >= 4 is 17.5 Å². The molecule has 1 aromatic carbocycles. The van der Waals surface area contributed by atoms with Crippen molar-refractivity contribution in [3.05, 3.63) is 41.4 Å². The molecular formula is C15H16ClF2N3O2. The van der Waals surface area contributed by atoms with Crippen LogP contribution >= 0.6 is 11.6 Å². The lowest BCUT2D eigenvalue weighted by molar-refractivity contribution is -0.122. The Bertz CT molecular complexity index is 676. The van der Waals surface area contributed by atoms with Crippen molar-refractivity contribution in [2.45, 2.75) is 18.8 Å². The number of hydrogen-bond donors (Lipinski definition) is 2. The van der Waals surface area contributed by atoms with Crippen molar-refractivity contribution in [1.82, 2.24) is 10.3 Å². The highest BCUT2D eigenvalue weighted by Gasteiger charge is 2.27. The predicted molar refractivity (Wildman–Crippen MR) is 82.3 cm³/mol. The molecule has 0 saturated carbocycles. The molecule has 0 fully saturated rings. The van der Waals surface area contributed by atoms with Gasteiger partial charge in [0.15, 0.2) is 11.7 Å². The smallest absolute Gasteiger partial charge is 0.277 e. The van der Waals surface area contributed by atoms with Gasteiger partial charge >= 0.3 is 0 Å². The number of carbonyl (C=O) groups excluding carboxylic acids is 1. The van der Waals surface area contributed by atoms with E-state index in [0.717, 1.165) is 0 Å². The Labute approximate surface area is 136 Å². The molecular weight excluding hydrogens is 328 g/mol. The van der Waals surface area contributed by atoms with E-state index in [2.05, 4.69) is 10.3 Å². The van der Waals surface area contributed by atoms with Crippen LogP contribution in [-0.2, 0) is 11.2 Å². The number of halogens is 3. The molecule has 5 nitrogen and oxygen atoms in total. The number of carbonyl (C=O) groups is 1. The topological polar surface area (TPSA) is 81.1 Å². The van der Waals surface area contributed by atoms with Crippen LogP contribution in [0.25, 0.3) is 11.3 Å². The first kappa shape index (κ1) is 17.4. The van der Waals surface area contributed by atoms with Crippen LogP contribution < -0.4 is 11.1 Å². The minimum atomic E-state index is -3.10. The van der Waals surface area contributed by atoms with E-state index in [1.54, 1.807) is 18.2 Å². The second kappa shape index (κ2) is 7.52. The average Bonchev–Trinajstić information content (AvgIpc) is 3.00. The molecule has 0 radical (unpaired) electrons. The van der Waals surface area contributed by atoms with Gasteiger partial charge in [-0.3, -0.25) is 4.79 Å². The lowest BCUT2D eigenvalue weighted by Gasteiger charge is -2.14. The lowest BCUT2D eigenvalue weighted by atomic mass is 10.2. The van der Waals surface area contributed by atoms with E-state index in [0.29, 0.717) is 22.2 Å². The van der Waals surface area contributed by atoms with Crippen molar-refractivity contribution < 1.29 is 18.0 Å². The molecule has 3 N–H and O–H groups in total. The Kier molecular flexibility index (Phi) is 5.68. The third-order valence-electron chi connectivity index (χ3n) is 3.10. The molecule has 0 aliphatic rings. The predicted octanol–water partition coefficient (Wildman–Crippen LogP) is 2.64. The number of alkyl halides is 2. The molecule has 0 spiro atoms. The molecule has 1 aromatic heterocycles. The third-order valence-corrected chi connectivity index (χ3v) is 3.43. The van der Waals surface area contributed by atoms with Crippen LogP contribution in [0.4, 0.5) is 8.78 Å². The molecule has 0 saturated heterocycles. The second-order valence-electron chi connectivity index (χ2n) is 4.93. The standard InChI is InChI=1S/C15H16ClF2N3O2/c16-11-4-2-1-3-10(11)12-7-20-14(23-12)6-5-13(22)21-9-15(17,18)8-19/h1-4,7H,5-6,8-9,19H2,(H,21,22). The van der Waals surface area contributed by atoms with Gasteiger partial charge in [-0.2, -0.15) is 0 Å². The molecule has 0 atom stereocenters. The number of nitrogens with one attached hydrogen (secondary N) is 1. The number of amides is 1. The quantitative estimate of drug-likeness (QED) is 0.809. The first-order chi connectivity index (χ1) is 10.9. The fraction of sp³-hybridized carbons (Fsp3) is 0.333. The van der Waals surface area contributed by atoms with Crippen LogP contribution in [0.3, 0.4) is 0 Å². The summed E-state index contributed by atoms with van der Waals surface area (Å²) in [5, 5.41) is 2.66. The largest absolute Gasteiger partial charge is 0.441 e. The van der Waals surface area contributed by atoms with Crippen molar-refractivity contribution in [1.29, 1.82) is 0 Å². The Morgan fingerprint density at radius 2 is 2.13 bits per heavy atom. The molecule has 1 heterocycles. The molecule has 2 aromatic rings. The highest BCUT2D eigenvalue weighted by atomic mass is 35.5. The Morgan fingerprint density at radius 1 is 1.39 bits per heavy atom. The number of benzene rings is 1. The third kappa shape index (κ3) is 5.01. The van der Waals surface area contributed by atoms with E-state index in [1.807, 2.05) is 6.07 Å². The highest BCUT2D eigenvalue weighted by Crippen LogP contribution is 2.28. The van der Waals surface area contributed by atoms with E-state index >= 15 is 0 Å². The van der Waals surface area contributed by atoms with Gasteiger partial charge in [0, 0.05) is 18.4 Å². The van der Waals surface area contributed by atoms with Crippen LogP contribution in [0.15, 0.2) is 34.9 Å². The molecule has 0 unspecified atom stereocenters. The minimum Gasteiger partial charge on any atom is -0.441 e. The zero-order chi connectivity index (χ0) is 16.9. The first-order valence-corrected chi connectivity index (χ1v) is 7.33. The van der Waals surface area contributed by atoms with E-state index in [4.69, 9.17) is 21.8 Å². The summed E-state index contributed by atoms with van der Waals surface area (Å²) >= 11 is 6.06. The Morgan fingerprint density at radius 3 is 2.83 bits per heavy atom. The fourth-order valence-corrected chi connectivity index (χ4v) is 2.05. The maximum absolute atomic E-state index is 12.9.